The molecule has 2 aromatic carbocycles. The van der Waals surface area contributed by atoms with Crippen LogP contribution in [0.3, 0.4) is 0 Å². The molecule has 1 unspecified atom stereocenters. The summed E-state index contributed by atoms with van der Waals surface area (Å²) in [6.07, 6.45) is -3.23. The van der Waals surface area contributed by atoms with E-state index in [1.54, 1.807) is 12.1 Å². The van der Waals surface area contributed by atoms with E-state index < -0.39 is 29.5 Å². The lowest BCUT2D eigenvalue weighted by Gasteiger charge is -2.35. The van der Waals surface area contributed by atoms with E-state index >= 15 is 0 Å². The molecule has 0 radical (unpaired) electrons. The second kappa shape index (κ2) is 15.3. The number of hydrogen-bond acceptors (Lipinski definition) is 7. The molecule has 0 amide bonds. The number of benzene rings is 2. The molecule has 0 spiro atoms. The van der Waals surface area contributed by atoms with Crippen LogP contribution in [0.25, 0.3) is 10.9 Å². The van der Waals surface area contributed by atoms with E-state index in [1.165, 1.54) is 25.2 Å². The highest BCUT2D eigenvalue weighted by molar-refractivity contribution is 5.91. The van der Waals surface area contributed by atoms with Crippen LogP contribution in [0, 0.1) is 12.3 Å². The number of allylic oxidation sites excluding steroid dienone is 1. The Hall–Kier alpha value is -3.70. The second-order valence-electron chi connectivity index (χ2n) is 11.1. The summed E-state index contributed by atoms with van der Waals surface area (Å²) in [4.78, 5) is 16.5. The van der Waals surface area contributed by atoms with E-state index in [9.17, 15) is 26.3 Å². The Balaban J connectivity index is 1.65. The van der Waals surface area contributed by atoms with Crippen molar-refractivity contribution in [3.05, 3.63) is 71.1 Å². The molecule has 1 saturated heterocycles. The van der Waals surface area contributed by atoms with E-state index in [0.29, 0.717) is 46.4 Å². The number of halogens is 6. The Kier molecular flexibility index (Phi) is 11.7. The molecule has 1 aliphatic heterocycles. The van der Waals surface area contributed by atoms with Crippen molar-refractivity contribution in [2.24, 2.45) is 0 Å². The first-order valence-corrected chi connectivity index (χ1v) is 15.2. The van der Waals surface area contributed by atoms with Gasteiger partial charge in [0.05, 0.1) is 29.2 Å². The predicted molar refractivity (Wildman–Crippen MR) is 169 cm³/mol. The van der Waals surface area contributed by atoms with E-state index in [4.69, 9.17) is 16.4 Å². The Bertz CT molecular complexity index is 1520. The average molecular weight is 648 g/mol. The fourth-order valence-corrected chi connectivity index (χ4v) is 5.53. The van der Waals surface area contributed by atoms with Crippen LogP contribution in [0.5, 0.6) is 0 Å². The predicted octanol–water partition coefficient (Wildman–Crippen LogP) is 6.23. The molecule has 1 atom stereocenters. The molecule has 7 nitrogen and oxygen atoms in total. The van der Waals surface area contributed by atoms with Crippen LogP contribution in [0.1, 0.15) is 36.8 Å². The minimum atomic E-state index is -4.67. The minimum absolute atomic E-state index is 0.292. The van der Waals surface area contributed by atoms with E-state index in [1.807, 2.05) is 5.92 Å². The number of hydrogen-bond donors (Lipinski definition) is 2. The van der Waals surface area contributed by atoms with E-state index in [-0.39, 0.29) is 0 Å². The Morgan fingerprint density at radius 3 is 2.20 bits per heavy atom. The van der Waals surface area contributed by atoms with E-state index in [2.05, 4.69) is 39.2 Å². The molecule has 13 heteroatoms. The van der Waals surface area contributed by atoms with Gasteiger partial charge in [0.2, 0.25) is 0 Å². The van der Waals surface area contributed by atoms with Crippen molar-refractivity contribution in [2.75, 3.05) is 64.7 Å². The lowest BCUT2D eigenvalue weighted by Crippen LogP contribution is -2.48. The van der Waals surface area contributed by atoms with Gasteiger partial charge in [-0.05, 0) is 68.2 Å². The van der Waals surface area contributed by atoms with Gasteiger partial charge in [0, 0.05) is 50.3 Å². The van der Waals surface area contributed by atoms with Gasteiger partial charge in [0.15, 0.2) is 0 Å². The summed E-state index contributed by atoms with van der Waals surface area (Å²) in [6.45, 7) is 12.0. The summed E-state index contributed by atoms with van der Waals surface area (Å²) in [5.41, 5.74) is -0.661. The van der Waals surface area contributed by atoms with Crippen molar-refractivity contribution < 1.29 is 26.3 Å². The highest BCUT2D eigenvalue weighted by Gasteiger charge is 2.39. The van der Waals surface area contributed by atoms with Gasteiger partial charge in [-0.2, -0.15) is 26.3 Å². The summed E-state index contributed by atoms with van der Waals surface area (Å²) < 4.78 is 81.1. The molecule has 1 aliphatic rings. The van der Waals surface area contributed by atoms with Gasteiger partial charge < -0.3 is 15.5 Å². The normalized spacial score (nSPS) is 16.2. The number of likely N-dealkylation sites (N-methyl/N-ethyl adjacent to an activating group) is 2. The van der Waals surface area contributed by atoms with Gasteiger partial charge in [-0.25, -0.2) is 9.97 Å². The Labute approximate surface area is 265 Å². The van der Waals surface area contributed by atoms with Crippen molar-refractivity contribution >= 4 is 22.4 Å². The largest absolute Gasteiger partial charge is 0.416 e. The minimum Gasteiger partial charge on any atom is -0.340 e. The number of alkyl halides is 6. The lowest BCUT2D eigenvalue weighted by molar-refractivity contribution is -0.137. The van der Waals surface area contributed by atoms with Gasteiger partial charge in [-0.3, -0.25) is 9.80 Å². The first-order valence-electron chi connectivity index (χ1n) is 15.2. The van der Waals surface area contributed by atoms with Gasteiger partial charge >= 0.3 is 12.4 Å². The Morgan fingerprint density at radius 1 is 0.978 bits per heavy atom. The number of fused-ring (bicyclic) bond motifs is 1. The maximum atomic E-state index is 13.9. The van der Waals surface area contributed by atoms with Gasteiger partial charge in [0.1, 0.15) is 11.6 Å². The number of aromatic nitrogens is 2. The van der Waals surface area contributed by atoms with Crippen LogP contribution in [-0.2, 0) is 12.7 Å². The fraction of sp³-hybridized carbons (Fsp3) is 0.455. The standard InChI is InChI=1S/C33H39F6N7/c1-5-8-27(33(37,38)39)30(40-4)23-9-14-26-28(21-23)42-29(22-46-19-17-45(18-20-46)16-15-44(6-2)7-3)43-31(26)41-25-12-10-24(11-13-25)32(34,35)36/h1,8-14,21,30,40H,6-7,15-20,22H2,2-4H3,(H,41,42,43)/b27-8+. The van der Waals surface area contributed by atoms with Crippen LogP contribution in [0.15, 0.2) is 54.1 Å². The fourth-order valence-electron chi connectivity index (χ4n) is 5.53. The third-order valence-corrected chi connectivity index (χ3v) is 8.20. The molecule has 1 aromatic heterocycles. The zero-order chi connectivity index (χ0) is 33.5. The topological polar surface area (TPSA) is 59.6 Å². The first-order chi connectivity index (χ1) is 21.9. The van der Waals surface area contributed by atoms with Crippen molar-refractivity contribution in [2.45, 2.75) is 38.8 Å². The van der Waals surface area contributed by atoms with Gasteiger partial charge in [-0.15, -0.1) is 6.42 Å². The Morgan fingerprint density at radius 2 is 1.63 bits per heavy atom. The molecule has 248 valence electrons. The molecule has 2 N–H and O–H groups in total. The maximum Gasteiger partial charge on any atom is 0.416 e. The molecule has 0 aliphatic carbocycles. The van der Waals surface area contributed by atoms with Crippen LogP contribution in [0.2, 0.25) is 0 Å². The van der Waals surface area contributed by atoms with Crippen molar-refractivity contribution in [1.29, 1.82) is 0 Å². The summed E-state index contributed by atoms with van der Waals surface area (Å²) in [6, 6.07) is 7.98. The summed E-state index contributed by atoms with van der Waals surface area (Å²) in [5.74, 6) is 2.75. The van der Waals surface area contributed by atoms with Crippen LogP contribution >= 0.6 is 0 Å². The SMILES string of the molecule is C#C/C=C(\C(NC)c1ccc2c(Nc3ccc(C(F)(F)F)cc3)nc(CN3CCN(CCN(CC)CC)CC3)nc2c1)C(F)(F)F. The van der Waals surface area contributed by atoms with Crippen LogP contribution < -0.4 is 10.6 Å². The third-order valence-electron chi connectivity index (χ3n) is 8.20. The van der Waals surface area contributed by atoms with Gasteiger partial charge in [0.25, 0.3) is 0 Å². The quantitative estimate of drug-likeness (QED) is 0.179. The summed E-state index contributed by atoms with van der Waals surface area (Å²) in [5, 5.41) is 6.30. The third kappa shape index (κ3) is 8.97. The van der Waals surface area contributed by atoms with Crippen molar-refractivity contribution in [1.82, 2.24) is 30.0 Å². The number of nitrogens with one attached hydrogen (secondary N) is 2. The van der Waals surface area contributed by atoms with Crippen LogP contribution in [-0.4, -0.2) is 90.2 Å². The number of nitrogens with zero attached hydrogens (tertiary/aromatic N) is 5. The summed E-state index contributed by atoms with van der Waals surface area (Å²) >= 11 is 0. The molecule has 0 saturated carbocycles. The maximum absolute atomic E-state index is 13.9. The molecular weight excluding hydrogens is 608 g/mol. The molecule has 4 rings (SSSR count). The smallest absolute Gasteiger partial charge is 0.340 e. The van der Waals surface area contributed by atoms with Crippen molar-refractivity contribution in [3.63, 3.8) is 0 Å². The average Bonchev–Trinajstić information content (AvgIpc) is 3.01. The van der Waals surface area contributed by atoms with Crippen LogP contribution in [0.4, 0.5) is 37.8 Å². The number of rotatable bonds is 12. The monoisotopic (exact) mass is 647 g/mol. The number of piperazine rings is 1. The zero-order valence-electron chi connectivity index (χ0n) is 26.1. The molecule has 1 fully saturated rings. The highest BCUT2D eigenvalue weighted by Crippen LogP contribution is 2.37. The number of terminal acetylenes is 1. The number of anilines is 2. The first kappa shape index (κ1) is 35.2. The molecular formula is C33H39F6N7. The lowest BCUT2D eigenvalue weighted by atomic mass is 9.96. The van der Waals surface area contributed by atoms with Crippen molar-refractivity contribution in [3.8, 4) is 12.3 Å². The summed E-state index contributed by atoms with van der Waals surface area (Å²) in [7, 11) is 1.41. The van der Waals surface area contributed by atoms with Gasteiger partial charge in [-0.1, -0.05) is 25.8 Å². The van der Waals surface area contributed by atoms with E-state index in [0.717, 1.165) is 64.5 Å². The highest BCUT2D eigenvalue weighted by atomic mass is 19.4. The molecule has 3 aromatic rings. The zero-order valence-corrected chi connectivity index (χ0v) is 26.1. The second-order valence-corrected chi connectivity index (χ2v) is 11.1. The molecule has 2 heterocycles. The molecule has 46 heavy (non-hydrogen) atoms. The molecule has 0 bridgehead atoms.